The first-order valence-corrected chi connectivity index (χ1v) is 7.11. The van der Waals surface area contributed by atoms with Crippen molar-refractivity contribution < 1.29 is 4.74 Å². The van der Waals surface area contributed by atoms with E-state index in [0.29, 0.717) is 5.88 Å². The average molecular weight is 263 g/mol. The van der Waals surface area contributed by atoms with Crippen molar-refractivity contribution in [2.24, 2.45) is 5.92 Å². The fourth-order valence-corrected chi connectivity index (χ4v) is 2.06. The third-order valence-electron chi connectivity index (χ3n) is 3.33. The van der Waals surface area contributed by atoms with E-state index >= 15 is 0 Å². The van der Waals surface area contributed by atoms with Crippen molar-refractivity contribution in [3.05, 3.63) is 29.3 Å². The molecule has 18 heavy (non-hydrogen) atoms. The molecular formula is C16H19ClO. The van der Waals surface area contributed by atoms with E-state index in [9.17, 15) is 0 Å². The van der Waals surface area contributed by atoms with Gasteiger partial charge in [-0.25, -0.2) is 0 Å². The summed E-state index contributed by atoms with van der Waals surface area (Å²) >= 11 is 5.59. The third kappa shape index (κ3) is 3.68. The van der Waals surface area contributed by atoms with E-state index < -0.39 is 0 Å². The van der Waals surface area contributed by atoms with Crippen molar-refractivity contribution in [1.29, 1.82) is 0 Å². The minimum atomic E-state index is 0.592. The molecular weight excluding hydrogens is 244 g/mol. The Balaban J connectivity index is 1.94. The topological polar surface area (TPSA) is 9.23 Å². The van der Waals surface area contributed by atoms with E-state index in [0.717, 1.165) is 35.8 Å². The summed E-state index contributed by atoms with van der Waals surface area (Å²) in [5, 5.41) is 0. The van der Waals surface area contributed by atoms with Crippen LogP contribution in [0, 0.1) is 24.7 Å². The van der Waals surface area contributed by atoms with Gasteiger partial charge in [0.05, 0.1) is 6.61 Å². The minimum absolute atomic E-state index is 0.592. The summed E-state index contributed by atoms with van der Waals surface area (Å²) in [6.07, 6.45) is 4.74. The summed E-state index contributed by atoms with van der Waals surface area (Å²) in [4.78, 5) is 0. The lowest BCUT2D eigenvalue weighted by Gasteiger charge is -2.25. The van der Waals surface area contributed by atoms with Crippen LogP contribution in [0.3, 0.4) is 0 Å². The fourth-order valence-electron chi connectivity index (χ4n) is 1.97. The van der Waals surface area contributed by atoms with Gasteiger partial charge in [-0.15, -0.1) is 11.6 Å². The molecule has 0 unspecified atom stereocenters. The van der Waals surface area contributed by atoms with Crippen molar-refractivity contribution in [3.8, 4) is 17.6 Å². The highest BCUT2D eigenvalue weighted by Gasteiger charge is 2.18. The van der Waals surface area contributed by atoms with Crippen molar-refractivity contribution >= 4 is 11.6 Å². The van der Waals surface area contributed by atoms with Gasteiger partial charge < -0.3 is 4.74 Å². The van der Waals surface area contributed by atoms with Crippen molar-refractivity contribution in [2.45, 2.75) is 32.6 Å². The van der Waals surface area contributed by atoms with Crippen molar-refractivity contribution in [1.82, 2.24) is 0 Å². The Kier molecular flexibility index (Phi) is 4.96. The maximum Gasteiger partial charge on any atom is 0.122 e. The molecule has 0 amide bonds. The van der Waals surface area contributed by atoms with Crippen LogP contribution in [0.25, 0.3) is 0 Å². The molecule has 2 rings (SSSR count). The quantitative estimate of drug-likeness (QED) is 0.585. The van der Waals surface area contributed by atoms with Crippen LogP contribution >= 0.6 is 11.6 Å². The summed E-state index contributed by atoms with van der Waals surface area (Å²) in [5.74, 6) is 8.51. The monoisotopic (exact) mass is 262 g/mol. The lowest BCUT2D eigenvalue weighted by atomic mass is 9.86. The molecule has 0 spiro atoms. The number of aryl methyl sites for hydroxylation is 1. The molecule has 96 valence electrons. The summed E-state index contributed by atoms with van der Waals surface area (Å²) in [7, 11) is 0. The van der Waals surface area contributed by atoms with Crippen LogP contribution in [0.15, 0.2) is 18.2 Å². The Morgan fingerprint density at radius 1 is 1.39 bits per heavy atom. The normalized spacial score (nSPS) is 14.6. The van der Waals surface area contributed by atoms with E-state index in [-0.39, 0.29) is 0 Å². The standard InChI is InChI=1S/C16H19ClO/c1-13-11-14(5-2-3-10-17)8-9-16(13)18-12-15-6-4-7-15/h8-9,11,15H,3-4,6-7,10,12H2,1H3. The zero-order chi connectivity index (χ0) is 12.8. The van der Waals surface area contributed by atoms with Gasteiger partial charge >= 0.3 is 0 Å². The maximum absolute atomic E-state index is 5.85. The second-order valence-electron chi connectivity index (χ2n) is 4.83. The van der Waals surface area contributed by atoms with Gasteiger partial charge in [-0.3, -0.25) is 0 Å². The van der Waals surface area contributed by atoms with Crippen LogP contribution in [-0.2, 0) is 0 Å². The Bertz CT molecular complexity index is 452. The number of hydrogen-bond acceptors (Lipinski definition) is 1. The van der Waals surface area contributed by atoms with Crippen LogP contribution < -0.4 is 4.74 Å². The Morgan fingerprint density at radius 3 is 2.83 bits per heavy atom. The number of hydrogen-bond donors (Lipinski definition) is 0. The number of alkyl halides is 1. The predicted octanol–water partition coefficient (Wildman–Crippen LogP) is 4.15. The van der Waals surface area contributed by atoms with E-state index in [4.69, 9.17) is 16.3 Å². The predicted molar refractivity (Wildman–Crippen MR) is 76.2 cm³/mol. The number of halogens is 1. The summed E-state index contributed by atoms with van der Waals surface area (Å²) in [5.41, 5.74) is 2.20. The van der Waals surface area contributed by atoms with E-state index in [1.54, 1.807) is 0 Å². The zero-order valence-electron chi connectivity index (χ0n) is 10.8. The van der Waals surface area contributed by atoms with E-state index in [1.807, 2.05) is 12.1 Å². The molecule has 1 aromatic rings. The van der Waals surface area contributed by atoms with E-state index in [2.05, 4.69) is 24.8 Å². The molecule has 0 aromatic heterocycles. The van der Waals surface area contributed by atoms with Crippen molar-refractivity contribution in [3.63, 3.8) is 0 Å². The first kappa shape index (κ1) is 13.3. The molecule has 2 heteroatoms. The number of rotatable bonds is 4. The lowest BCUT2D eigenvalue weighted by Crippen LogP contribution is -2.19. The molecule has 1 fully saturated rings. The first-order chi connectivity index (χ1) is 8.79. The zero-order valence-corrected chi connectivity index (χ0v) is 11.6. The van der Waals surface area contributed by atoms with Crippen LogP contribution in [0.2, 0.25) is 0 Å². The molecule has 0 N–H and O–H groups in total. The summed E-state index contributed by atoms with van der Waals surface area (Å²) in [6, 6.07) is 6.13. The van der Waals surface area contributed by atoms with Crippen molar-refractivity contribution in [2.75, 3.05) is 12.5 Å². The summed E-state index contributed by atoms with van der Waals surface area (Å²) in [6.45, 7) is 2.93. The van der Waals surface area contributed by atoms with Gasteiger partial charge in [0, 0.05) is 17.9 Å². The number of ether oxygens (including phenoxy) is 1. The minimum Gasteiger partial charge on any atom is -0.493 e. The molecule has 0 atom stereocenters. The molecule has 1 saturated carbocycles. The lowest BCUT2D eigenvalue weighted by molar-refractivity contribution is 0.180. The molecule has 0 heterocycles. The van der Waals surface area contributed by atoms with Gasteiger partial charge in [0.1, 0.15) is 5.75 Å². The highest BCUT2D eigenvalue weighted by Crippen LogP contribution is 2.28. The molecule has 0 aliphatic heterocycles. The first-order valence-electron chi connectivity index (χ1n) is 6.58. The molecule has 1 nitrogen and oxygen atoms in total. The third-order valence-corrected chi connectivity index (χ3v) is 3.52. The SMILES string of the molecule is Cc1cc(C#CCCCl)ccc1OCC1CCC1. The molecule has 1 aliphatic carbocycles. The second kappa shape index (κ2) is 6.71. The largest absolute Gasteiger partial charge is 0.493 e. The average Bonchev–Trinajstić information content (AvgIpc) is 2.30. The highest BCUT2D eigenvalue weighted by molar-refractivity contribution is 6.18. The van der Waals surface area contributed by atoms with Crippen LogP contribution in [0.1, 0.15) is 36.8 Å². The molecule has 0 bridgehead atoms. The Labute approximate surface area is 114 Å². The second-order valence-corrected chi connectivity index (χ2v) is 5.21. The van der Waals surface area contributed by atoms with Gasteiger partial charge in [0.2, 0.25) is 0 Å². The molecule has 0 saturated heterocycles. The smallest absolute Gasteiger partial charge is 0.122 e. The summed E-state index contributed by atoms with van der Waals surface area (Å²) < 4.78 is 5.85. The molecule has 0 radical (unpaired) electrons. The van der Waals surface area contributed by atoms with E-state index in [1.165, 1.54) is 19.3 Å². The molecule has 1 aliphatic rings. The Morgan fingerprint density at radius 2 is 2.22 bits per heavy atom. The van der Waals surface area contributed by atoms with Gasteiger partial charge in [0.15, 0.2) is 0 Å². The van der Waals surface area contributed by atoms with Crippen LogP contribution in [-0.4, -0.2) is 12.5 Å². The maximum atomic E-state index is 5.85. The van der Waals surface area contributed by atoms with Crippen LogP contribution in [0.4, 0.5) is 0 Å². The Hall–Kier alpha value is -1.13. The van der Waals surface area contributed by atoms with Gasteiger partial charge in [-0.2, -0.15) is 0 Å². The van der Waals surface area contributed by atoms with Gasteiger partial charge in [0.25, 0.3) is 0 Å². The molecule has 1 aromatic carbocycles. The number of benzene rings is 1. The fraction of sp³-hybridized carbons (Fsp3) is 0.500. The highest BCUT2D eigenvalue weighted by atomic mass is 35.5. The van der Waals surface area contributed by atoms with Gasteiger partial charge in [-0.05, 0) is 49.4 Å². The van der Waals surface area contributed by atoms with Crippen LogP contribution in [0.5, 0.6) is 5.75 Å². The van der Waals surface area contributed by atoms with Gasteiger partial charge in [-0.1, -0.05) is 18.3 Å².